The minimum absolute atomic E-state index is 0.0310. The van der Waals surface area contributed by atoms with Gasteiger partial charge >= 0.3 is 0 Å². The van der Waals surface area contributed by atoms with Crippen LogP contribution in [0.4, 0.5) is 0 Å². The van der Waals surface area contributed by atoms with E-state index in [1.807, 2.05) is 24.3 Å². The van der Waals surface area contributed by atoms with Crippen molar-refractivity contribution in [3.63, 3.8) is 0 Å². The van der Waals surface area contributed by atoms with Crippen LogP contribution >= 0.6 is 0 Å². The Hall–Kier alpha value is -3.10. The van der Waals surface area contributed by atoms with E-state index >= 15 is 0 Å². The van der Waals surface area contributed by atoms with Gasteiger partial charge in [-0.25, -0.2) is 16.3 Å². The number of benzene rings is 2. The van der Waals surface area contributed by atoms with Crippen molar-refractivity contribution in [3.05, 3.63) is 53.6 Å². The SMILES string of the molecule is CCCOc1ccc(C2CC(C(=O)N/N=C/c3cc(OC)ccc3OC)NN2)cc1. The van der Waals surface area contributed by atoms with Gasteiger partial charge in [0.25, 0.3) is 5.91 Å². The van der Waals surface area contributed by atoms with Crippen LogP contribution in [0.2, 0.25) is 0 Å². The van der Waals surface area contributed by atoms with E-state index in [4.69, 9.17) is 14.2 Å². The number of hydrogen-bond donors (Lipinski definition) is 3. The van der Waals surface area contributed by atoms with E-state index in [-0.39, 0.29) is 11.9 Å². The number of nitrogens with one attached hydrogen (secondary N) is 3. The van der Waals surface area contributed by atoms with Crippen LogP contribution in [-0.2, 0) is 4.79 Å². The Bertz CT molecular complexity index is 870. The van der Waals surface area contributed by atoms with Crippen LogP contribution in [0.25, 0.3) is 0 Å². The topological polar surface area (TPSA) is 93.2 Å². The van der Waals surface area contributed by atoms with E-state index in [1.54, 1.807) is 32.4 Å². The summed E-state index contributed by atoms with van der Waals surface area (Å²) < 4.78 is 16.1. The van der Waals surface area contributed by atoms with E-state index in [1.165, 1.54) is 6.21 Å². The molecule has 3 rings (SSSR count). The van der Waals surface area contributed by atoms with Gasteiger partial charge < -0.3 is 14.2 Å². The van der Waals surface area contributed by atoms with Crippen molar-refractivity contribution in [2.75, 3.05) is 20.8 Å². The standard InChI is InChI=1S/C22H28N4O4/c1-4-11-30-17-7-5-15(6-8-17)19-13-20(25-24-19)22(27)26-23-14-16-12-18(28-2)9-10-21(16)29-3/h5-10,12,14,19-20,24-25H,4,11,13H2,1-3H3,(H,26,27)/b23-14+. The second-order valence-corrected chi connectivity index (χ2v) is 6.89. The fourth-order valence-electron chi connectivity index (χ4n) is 3.15. The fraction of sp³-hybridized carbons (Fsp3) is 0.364. The fourth-order valence-corrected chi connectivity index (χ4v) is 3.15. The predicted molar refractivity (Wildman–Crippen MR) is 115 cm³/mol. The summed E-state index contributed by atoms with van der Waals surface area (Å²) in [6, 6.07) is 12.9. The van der Waals surface area contributed by atoms with Gasteiger partial charge in [0.05, 0.1) is 27.0 Å². The molecule has 1 saturated heterocycles. The molecule has 2 aromatic rings. The van der Waals surface area contributed by atoms with Gasteiger partial charge in [-0.1, -0.05) is 19.1 Å². The molecule has 0 spiro atoms. The molecule has 30 heavy (non-hydrogen) atoms. The van der Waals surface area contributed by atoms with E-state index in [0.717, 1.165) is 17.7 Å². The molecule has 160 valence electrons. The number of rotatable bonds is 9. The number of carbonyl (C=O) groups excluding carboxylic acids is 1. The molecule has 2 aromatic carbocycles. The Balaban J connectivity index is 1.54. The number of hydrazine groups is 1. The Morgan fingerprint density at radius 2 is 1.90 bits per heavy atom. The van der Waals surface area contributed by atoms with Gasteiger partial charge in [0.2, 0.25) is 0 Å². The lowest BCUT2D eigenvalue weighted by atomic mass is 10.0. The summed E-state index contributed by atoms with van der Waals surface area (Å²) in [5.41, 5.74) is 10.6. The summed E-state index contributed by atoms with van der Waals surface area (Å²) in [5, 5.41) is 4.06. The van der Waals surface area contributed by atoms with Crippen LogP contribution in [-0.4, -0.2) is 39.0 Å². The molecule has 0 radical (unpaired) electrons. The van der Waals surface area contributed by atoms with Gasteiger partial charge in [-0.15, -0.1) is 0 Å². The van der Waals surface area contributed by atoms with Crippen LogP contribution in [0.3, 0.4) is 0 Å². The van der Waals surface area contributed by atoms with Crippen molar-refractivity contribution >= 4 is 12.1 Å². The molecule has 0 aliphatic carbocycles. The highest BCUT2D eigenvalue weighted by Gasteiger charge is 2.30. The molecule has 8 heteroatoms. The molecule has 3 N–H and O–H groups in total. The summed E-state index contributed by atoms with van der Waals surface area (Å²) in [4.78, 5) is 12.5. The summed E-state index contributed by atoms with van der Waals surface area (Å²) in [7, 11) is 3.17. The lowest BCUT2D eigenvalue weighted by Gasteiger charge is -2.11. The maximum absolute atomic E-state index is 12.5. The second-order valence-electron chi connectivity index (χ2n) is 6.89. The number of hydrazone groups is 1. The van der Waals surface area contributed by atoms with Crippen molar-refractivity contribution in [2.24, 2.45) is 5.10 Å². The Morgan fingerprint density at radius 3 is 2.60 bits per heavy atom. The molecule has 2 unspecified atom stereocenters. The quantitative estimate of drug-likeness (QED) is 0.433. The Morgan fingerprint density at radius 1 is 1.13 bits per heavy atom. The first-order valence-corrected chi connectivity index (χ1v) is 9.93. The van der Waals surface area contributed by atoms with E-state index in [0.29, 0.717) is 30.1 Å². The van der Waals surface area contributed by atoms with Gasteiger partial charge in [-0.2, -0.15) is 5.10 Å². The minimum Gasteiger partial charge on any atom is -0.497 e. The molecule has 0 saturated carbocycles. The van der Waals surface area contributed by atoms with Crippen LogP contribution < -0.4 is 30.5 Å². The number of methoxy groups -OCH3 is 2. The third-order valence-electron chi connectivity index (χ3n) is 4.79. The van der Waals surface area contributed by atoms with Gasteiger partial charge in [0, 0.05) is 11.6 Å². The molecule has 8 nitrogen and oxygen atoms in total. The summed E-state index contributed by atoms with van der Waals surface area (Å²) in [6.07, 6.45) is 3.12. The van der Waals surface area contributed by atoms with Crippen molar-refractivity contribution in [3.8, 4) is 17.2 Å². The minimum atomic E-state index is -0.393. The van der Waals surface area contributed by atoms with Crippen molar-refractivity contribution in [1.82, 2.24) is 16.3 Å². The zero-order valence-corrected chi connectivity index (χ0v) is 17.5. The Kier molecular flexibility index (Phi) is 7.64. The molecule has 1 amide bonds. The lowest BCUT2D eigenvalue weighted by molar-refractivity contribution is -0.122. The van der Waals surface area contributed by atoms with E-state index in [2.05, 4.69) is 28.3 Å². The van der Waals surface area contributed by atoms with Gasteiger partial charge in [-0.05, 0) is 48.7 Å². The first kappa shape index (κ1) is 21.6. The van der Waals surface area contributed by atoms with Crippen molar-refractivity contribution in [2.45, 2.75) is 31.8 Å². The molecular formula is C22H28N4O4. The van der Waals surface area contributed by atoms with Crippen LogP contribution in [0.5, 0.6) is 17.2 Å². The number of nitrogens with zero attached hydrogens (tertiary/aromatic N) is 1. The highest BCUT2D eigenvalue weighted by Crippen LogP contribution is 2.25. The number of hydrogen-bond acceptors (Lipinski definition) is 7. The number of ether oxygens (including phenoxy) is 3. The molecule has 0 aromatic heterocycles. The predicted octanol–water partition coefficient (Wildman–Crippen LogP) is 2.55. The normalized spacial score (nSPS) is 18.4. The average Bonchev–Trinajstić information content (AvgIpc) is 3.28. The number of amides is 1. The molecule has 2 atom stereocenters. The van der Waals surface area contributed by atoms with Crippen LogP contribution in [0.15, 0.2) is 47.6 Å². The third-order valence-corrected chi connectivity index (χ3v) is 4.79. The average molecular weight is 412 g/mol. The highest BCUT2D eigenvalue weighted by molar-refractivity contribution is 5.87. The first-order valence-electron chi connectivity index (χ1n) is 9.93. The molecule has 0 bridgehead atoms. The van der Waals surface area contributed by atoms with Crippen LogP contribution in [0.1, 0.15) is 36.9 Å². The largest absolute Gasteiger partial charge is 0.497 e. The lowest BCUT2D eigenvalue weighted by Crippen LogP contribution is -2.41. The van der Waals surface area contributed by atoms with Gasteiger partial charge in [0.15, 0.2) is 0 Å². The maximum Gasteiger partial charge on any atom is 0.258 e. The molecule has 1 fully saturated rings. The molecular weight excluding hydrogens is 384 g/mol. The second kappa shape index (κ2) is 10.6. The zero-order valence-electron chi connectivity index (χ0n) is 17.5. The van der Waals surface area contributed by atoms with E-state index < -0.39 is 6.04 Å². The summed E-state index contributed by atoms with van der Waals surface area (Å²) in [5.74, 6) is 1.95. The van der Waals surface area contributed by atoms with Crippen LogP contribution in [0, 0.1) is 0 Å². The zero-order chi connectivity index (χ0) is 21.3. The summed E-state index contributed by atoms with van der Waals surface area (Å²) in [6.45, 7) is 2.78. The third kappa shape index (κ3) is 5.49. The van der Waals surface area contributed by atoms with E-state index in [9.17, 15) is 4.79 Å². The summed E-state index contributed by atoms with van der Waals surface area (Å²) >= 11 is 0. The smallest absolute Gasteiger partial charge is 0.258 e. The Labute approximate surface area is 176 Å². The molecule has 1 aliphatic heterocycles. The van der Waals surface area contributed by atoms with Crippen molar-refractivity contribution < 1.29 is 19.0 Å². The highest BCUT2D eigenvalue weighted by atomic mass is 16.5. The van der Waals surface area contributed by atoms with Gasteiger partial charge in [0.1, 0.15) is 23.3 Å². The first-order chi connectivity index (χ1) is 14.6. The monoisotopic (exact) mass is 412 g/mol. The molecule has 1 heterocycles. The van der Waals surface area contributed by atoms with Crippen molar-refractivity contribution in [1.29, 1.82) is 0 Å². The van der Waals surface area contributed by atoms with Gasteiger partial charge in [-0.3, -0.25) is 4.79 Å². The number of carbonyl (C=O) groups is 1. The molecule has 1 aliphatic rings. The maximum atomic E-state index is 12.5.